The fourth-order valence-corrected chi connectivity index (χ4v) is 3.90. The molecule has 2 aromatic rings. The van der Waals surface area contributed by atoms with E-state index in [1.165, 1.54) is 5.56 Å². The van der Waals surface area contributed by atoms with Gasteiger partial charge in [0.1, 0.15) is 5.82 Å². The molecule has 0 aromatic carbocycles. The molecule has 2 unspecified atom stereocenters. The number of hydrazine groups is 1. The molecule has 0 amide bonds. The van der Waals surface area contributed by atoms with E-state index in [9.17, 15) is 0 Å². The maximum Gasteiger partial charge on any atom is 0.163 e. The molecule has 0 saturated carbocycles. The van der Waals surface area contributed by atoms with Crippen LogP contribution in [0.15, 0.2) is 24.5 Å². The zero-order valence-electron chi connectivity index (χ0n) is 15.4. The van der Waals surface area contributed by atoms with Crippen molar-refractivity contribution in [1.29, 1.82) is 0 Å². The maximum absolute atomic E-state index is 4.84. The smallest absolute Gasteiger partial charge is 0.163 e. The number of aromatic nitrogens is 3. The molecule has 1 saturated heterocycles. The average Bonchev–Trinajstić information content (AvgIpc) is 3.00. The van der Waals surface area contributed by atoms with Crippen molar-refractivity contribution in [2.45, 2.75) is 45.3 Å². The Morgan fingerprint density at radius 3 is 2.81 bits per heavy atom. The van der Waals surface area contributed by atoms with E-state index in [4.69, 9.17) is 9.97 Å². The maximum atomic E-state index is 4.84. The highest BCUT2D eigenvalue weighted by Gasteiger charge is 2.29. The first-order valence-corrected chi connectivity index (χ1v) is 9.48. The summed E-state index contributed by atoms with van der Waals surface area (Å²) in [7, 11) is 0. The van der Waals surface area contributed by atoms with Crippen LogP contribution in [-0.4, -0.2) is 40.1 Å². The van der Waals surface area contributed by atoms with Crippen molar-refractivity contribution in [3.05, 3.63) is 35.8 Å². The van der Waals surface area contributed by atoms with E-state index in [0.29, 0.717) is 18.0 Å². The lowest BCUT2D eigenvalue weighted by atomic mass is 9.93. The Morgan fingerprint density at radius 1 is 1.19 bits per heavy atom. The number of nitrogens with one attached hydrogen (secondary N) is 4. The Balaban J connectivity index is 1.54. The largest absolute Gasteiger partial charge is 0.370 e. The second-order valence-corrected chi connectivity index (χ2v) is 7.23. The minimum absolute atomic E-state index is 0.487. The van der Waals surface area contributed by atoms with Gasteiger partial charge in [-0.15, -0.1) is 0 Å². The Morgan fingerprint density at radius 2 is 2.04 bits per heavy atom. The summed E-state index contributed by atoms with van der Waals surface area (Å²) in [5, 5.41) is 7.01. The van der Waals surface area contributed by atoms with Crippen LogP contribution in [-0.2, 0) is 13.0 Å². The first-order valence-electron chi connectivity index (χ1n) is 9.48. The predicted molar refractivity (Wildman–Crippen MR) is 102 cm³/mol. The van der Waals surface area contributed by atoms with Crippen LogP contribution in [0.3, 0.4) is 0 Å². The van der Waals surface area contributed by atoms with Crippen LogP contribution in [0.4, 0.5) is 5.82 Å². The van der Waals surface area contributed by atoms with Gasteiger partial charge in [0.05, 0.1) is 5.69 Å². The molecule has 0 radical (unpaired) electrons. The van der Waals surface area contributed by atoms with Gasteiger partial charge in [-0.2, -0.15) is 0 Å². The summed E-state index contributed by atoms with van der Waals surface area (Å²) < 4.78 is 0. The molecule has 0 aliphatic carbocycles. The van der Waals surface area contributed by atoms with Crippen molar-refractivity contribution in [2.24, 2.45) is 5.92 Å². The first kappa shape index (κ1) is 17.3. The molecule has 2 atom stereocenters. The number of hydrogen-bond donors (Lipinski definition) is 4. The first-order chi connectivity index (χ1) is 12.7. The van der Waals surface area contributed by atoms with E-state index in [0.717, 1.165) is 55.4 Å². The third kappa shape index (κ3) is 3.56. The third-order valence-electron chi connectivity index (χ3n) is 5.45. The number of rotatable bonds is 5. The van der Waals surface area contributed by atoms with Gasteiger partial charge in [0.25, 0.3) is 0 Å². The molecular weight excluding hydrogens is 326 g/mol. The SMILES string of the molecule is CC1NNC(C)C1CCNc1nc(-c2cccnc2)nc2c1CCNC2. The normalized spacial score (nSPS) is 25.1. The van der Waals surface area contributed by atoms with Gasteiger partial charge in [-0.25, -0.2) is 9.97 Å². The van der Waals surface area contributed by atoms with Crippen molar-refractivity contribution in [1.82, 2.24) is 31.1 Å². The molecule has 2 aromatic heterocycles. The van der Waals surface area contributed by atoms with Crippen molar-refractivity contribution in [3.8, 4) is 11.4 Å². The van der Waals surface area contributed by atoms with E-state index < -0.39 is 0 Å². The van der Waals surface area contributed by atoms with Crippen LogP contribution >= 0.6 is 0 Å². The summed E-state index contributed by atoms with van der Waals surface area (Å²) in [5.74, 6) is 2.34. The van der Waals surface area contributed by atoms with Gasteiger partial charge in [0.15, 0.2) is 5.82 Å². The molecule has 26 heavy (non-hydrogen) atoms. The molecule has 7 heteroatoms. The molecule has 4 heterocycles. The topological polar surface area (TPSA) is 86.8 Å². The molecule has 0 spiro atoms. The summed E-state index contributed by atoms with van der Waals surface area (Å²) in [5.41, 5.74) is 9.96. The second-order valence-electron chi connectivity index (χ2n) is 7.23. The van der Waals surface area contributed by atoms with Crippen molar-refractivity contribution >= 4 is 5.82 Å². The van der Waals surface area contributed by atoms with Crippen LogP contribution in [0.5, 0.6) is 0 Å². The van der Waals surface area contributed by atoms with E-state index in [-0.39, 0.29) is 0 Å². The van der Waals surface area contributed by atoms with Crippen molar-refractivity contribution in [3.63, 3.8) is 0 Å². The van der Waals surface area contributed by atoms with Crippen LogP contribution in [0, 0.1) is 5.92 Å². The summed E-state index contributed by atoms with van der Waals surface area (Å²) in [6.45, 7) is 7.15. The number of fused-ring (bicyclic) bond motifs is 1. The van der Waals surface area contributed by atoms with Crippen LogP contribution in [0.1, 0.15) is 31.5 Å². The van der Waals surface area contributed by atoms with Crippen LogP contribution in [0.25, 0.3) is 11.4 Å². The Bertz CT molecular complexity index is 739. The van der Waals surface area contributed by atoms with E-state index >= 15 is 0 Å². The summed E-state index contributed by atoms with van der Waals surface area (Å²) >= 11 is 0. The van der Waals surface area contributed by atoms with Gasteiger partial charge in [0, 0.05) is 48.7 Å². The molecule has 138 valence electrons. The lowest BCUT2D eigenvalue weighted by Crippen LogP contribution is -2.30. The number of hydrogen-bond acceptors (Lipinski definition) is 7. The van der Waals surface area contributed by atoms with Gasteiger partial charge in [-0.3, -0.25) is 15.8 Å². The number of nitrogens with zero attached hydrogens (tertiary/aromatic N) is 3. The highest BCUT2D eigenvalue weighted by atomic mass is 15.4. The summed E-state index contributed by atoms with van der Waals surface area (Å²) in [6.07, 6.45) is 5.65. The summed E-state index contributed by atoms with van der Waals surface area (Å²) in [6, 6.07) is 4.91. The van der Waals surface area contributed by atoms with Crippen LogP contribution in [0.2, 0.25) is 0 Å². The lowest BCUT2D eigenvalue weighted by molar-refractivity contribution is 0.423. The van der Waals surface area contributed by atoms with E-state index in [1.807, 2.05) is 18.3 Å². The van der Waals surface area contributed by atoms with Gasteiger partial charge in [-0.05, 0) is 51.3 Å². The monoisotopic (exact) mass is 353 g/mol. The standard InChI is InChI=1S/C19H27N7/c1-12-15(13(2)26-25-12)6-9-22-19-16-5-8-21-11-17(16)23-18(24-19)14-4-3-7-20-10-14/h3-4,7,10,12-13,15,21,25-26H,5-6,8-9,11H2,1-2H3,(H,22,23,24). The van der Waals surface area contributed by atoms with Gasteiger partial charge in [-0.1, -0.05) is 0 Å². The molecule has 7 nitrogen and oxygen atoms in total. The highest BCUT2D eigenvalue weighted by molar-refractivity contribution is 5.59. The zero-order valence-corrected chi connectivity index (χ0v) is 15.4. The molecule has 4 rings (SSSR count). The molecule has 0 bridgehead atoms. The van der Waals surface area contributed by atoms with Crippen LogP contribution < -0.4 is 21.5 Å². The number of pyridine rings is 1. The van der Waals surface area contributed by atoms with Crippen molar-refractivity contribution in [2.75, 3.05) is 18.4 Å². The zero-order chi connectivity index (χ0) is 17.9. The van der Waals surface area contributed by atoms with E-state index in [2.05, 4.69) is 40.3 Å². The van der Waals surface area contributed by atoms with Crippen molar-refractivity contribution < 1.29 is 0 Å². The van der Waals surface area contributed by atoms with Gasteiger partial charge < -0.3 is 10.6 Å². The lowest BCUT2D eigenvalue weighted by Gasteiger charge is -2.22. The molecule has 4 N–H and O–H groups in total. The summed E-state index contributed by atoms with van der Waals surface area (Å²) in [4.78, 5) is 13.8. The average molecular weight is 353 g/mol. The quantitative estimate of drug-likeness (QED) is 0.648. The Kier molecular flexibility index (Phi) is 5.10. The Labute approximate surface area is 154 Å². The third-order valence-corrected chi connectivity index (χ3v) is 5.45. The fraction of sp³-hybridized carbons (Fsp3) is 0.526. The Hall–Kier alpha value is -2.09. The highest BCUT2D eigenvalue weighted by Crippen LogP contribution is 2.25. The van der Waals surface area contributed by atoms with Gasteiger partial charge >= 0.3 is 0 Å². The fourth-order valence-electron chi connectivity index (χ4n) is 3.90. The van der Waals surface area contributed by atoms with Gasteiger partial charge in [0.2, 0.25) is 0 Å². The minimum Gasteiger partial charge on any atom is -0.370 e. The van der Waals surface area contributed by atoms with E-state index in [1.54, 1.807) is 6.20 Å². The predicted octanol–water partition coefficient (Wildman–Crippen LogP) is 1.49. The minimum atomic E-state index is 0.487. The number of anilines is 1. The molecule has 2 aliphatic heterocycles. The molecule has 1 fully saturated rings. The molecular formula is C19H27N7. The second kappa shape index (κ2) is 7.65. The molecule has 2 aliphatic rings.